The summed E-state index contributed by atoms with van der Waals surface area (Å²) in [5, 5.41) is 9.09. The Bertz CT molecular complexity index is 1360. The zero-order valence-corrected chi connectivity index (χ0v) is 17.2. The zero-order chi connectivity index (χ0) is 21.8. The van der Waals surface area contributed by atoms with Crippen molar-refractivity contribution in [2.45, 2.75) is 24.3 Å². The van der Waals surface area contributed by atoms with E-state index < -0.39 is 10.1 Å². The number of hydrogen-bond acceptors (Lipinski definition) is 8. The Labute approximate surface area is 178 Å². The molecule has 0 unspecified atom stereocenters. The van der Waals surface area contributed by atoms with Gasteiger partial charge in [-0.25, -0.2) is 4.98 Å². The maximum Gasteiger partial charge on any atom is 0.295 e. The van der Waals surface area contributed by atoms with Crippen molar-refractivity contribution < 1.29 is 17.7 Å². The van der Waals surface area contributed by atoms with Gasteiger partial charge in [0.05, 0.1) is 11.9 Å². The lowest BCUT2D eigenvalue weighted by Crippen LogP contribution is -2.34. The molecule has 0 radical (unpaired) electrons. The van der Waals surface area contributed by atoms with Crippen molar-refractivity contribution >= 4 is 39.3 Å². The van der Waals surface area contributed by atoms with Gasteiger partial charge in [0.2, 0.25) is 5.88 Å². The van der Waals surface area contributed by atoms with Crippen LogP contribution in [0.3, 0.4) is 0 Å². The van der Waals surface area contributed by atoms with E-state index in [1.54, 1.807) is 30.6 Å². The second-order valence-electron chi connectivity index (χ2n) is 6.80. The van der Waals surface area contributed by atoms with Crippen LogP contribution < -0.4 is 20.9 Å². The fourth-order valence-electron chi connectivity index (χ4n) is 3.15. The Balaban J connectivity index is 1.57. The number of aromatic nitrogens is 2. The van der Waals surface area contributed by atoms with Crippen LogP contribution in [0.5, 0.6) is 5.88 Å². The number of ether oxygens (including phenoxy) is 1. The first-order valence-electron chi connectivity index (χ1n) is 9.42. The van der Waals surface area contributed by atoms with Crippen LogP contribution in [0.4, 0.5) is 17.1 Å². The fraction of sp³-hybridized carbons (Fsp3) is 0.143. The molecule has 0 fully saturated rings. The summed E-state index contributed by atoms with van der Waals surface area (Å²) in [4.78, 5) is 7.97. The Morgan fingerprint density at radius 1 is 1.10 bits per heavy atom. The summed E-state index contributed by atoms with van der Waals surface area (Å²) >= 11 is 0. The molecule has 0 bridgehead atoms. The van der Waals surface area contributed by atoms with Gasteiger partial charge in [-0.05, 0) is 31.0 Å². The third-order valence-electron chi connectivity index (χ3n) is 4.63. The van der Waals surface area contributed by atoms with E-state index in [0.29, 0.717) is 47.1 Å². The summed E-state index contributed by atoms with van der Waals surface area (Å²) < 4.78 is 38.9. The molecule has 1 aliphatic rings. The molecule has 158 valence electrons. The molecule has 0 spiro atoms. The molecule has 0 amide bonds. The van der Waals surface area contributed by atoms with E-state index in [2.05, 4.69) is 20.2 Å². The molecule has 2 heterocycles. The second-order valence-corrected chi connectivity index (χ2v) is 8.19. The largest absolute Gasteiger partial charge is 0.473 e. The van der Waals surface area contributed by atoms with E-state index in [9.17, 15) is 13.0 Å². The molecule has 3 N–H and O–H groups in total. The summed E-state index contributed by atoms with van der Waals surface area (Å²) in [6.45, 7) is 0.333. The molecular formula is C21H19N5O4S. The lowest BCUT2D eigenvalue weighted by molar-refractivity contribution is 0.293. The van der Waals surface area contributed by atoms with Crippen molar-refractivity contribution in [1.29, 1.82) is 0 Å². The predicted octanol–water partition coefficient (Wildman–Crippen LogP) is 2.65. The number of nitrogens with zero attached hydrogens (tertiary/aromatic N) is 4. The molecule has 0 atom stereocenters. The highest BCUT2D eigenvalue weighted by Gasteiger charge is 2.17. The number of anilines is 1. The van der Waals surface area contributed by atoms with Gasteiger partial charge < -0.3 is 10.5 Å². The monoisotopic (exact) mass is 437 g/mol. The summed E-state index contributed by atoms with van der Waals surface area (Å²) in [5.74, 6) is 0.412. The molecule has 1 aliphatic carbocycles. The smallest absolute Gasteiger partial charge is 0.295 e. The SMILES string of the molecule is Nc1c(N=Nc2ccc(OCc3cccnc3)nc2)cc(S(=O)(=O)O)c2c1=CCCC=2. The standard InChI is InChI=1S/C21H19N5O4S/c22-21-17-6-2-1-5-16(17)19(31(27,28)29)10-18(21)26-25-15-7-8-20(24-12-15)30-13-14-4-3-9-23-11-14/h3-12H,1-2,13,22H2,(H,27,28,29). The molecule has 31 heavy (non-hydrogen) atoms. The van der Waals surface area contributed by atoms with E-state index in [1.165, 1.54) is 12.3 Å². The third-order valence-corrected chi connectivity index (χ3v) is 5.53. The Morgan fingerprint density at radius 2 is 1.90 bits per heavy atom. The van der Waals surface area contributed by atoms with Gasteiger partial charge in [-0.15, -0.1) is 10.2 Å². The quantitative estimate of drug-likeness (QED) is 0.343. The van der Waals surface area contributed by atoms with E-state index in [4.69, 9.17) is 10.5 Å². The maximum atomic E-state index is 11.8. The minimum absolute atomic E-state index is 0.148. The van der Waals surface area contributed by atoms with Crippen molar-refractivity contribution in [3.63, 3.8) is 0 Å². The first-order chi connectivity index (χ1) is 14.9. The van der Waals surface area contributed by atoms with Crippen LogP contribution in [0, 0.1) is 0 Å². The number of azo groups is 1. The first-order valence-corrected chi connectivity index (χ1v) is 10.9. The summed E-state index contributed by atoms with van der Waals surface area (Å²) in [6.07, 6.45) is 9.82. The van der Waals surface area contributed by atoms with Gasteiger partial charge in [0.1, 0.15) is 22.9 Å². The number of nitrogen functional groups attached to an aromatic ring is 1. The average molecular weight is 437 g/mol. The van der Waals surface area contributed by atoms with Crippen LogP contribution in [0.25, 0.3) is 12.2 Å². The zero-order valence-electron chi connectivity index (χ0n) is 16.3. The number of rotatable bonds is 6. The molecule has 3 aromatic rings. The molecule has 0 saturated heterocycles. The van der Waals surface area contributed by atoms with E-state index in [-0.39, 0.29) is 10.6 Å². The molecule has 2 aromatic heterocycles. The van der Waals surface area contributed by atoms with Crippen molar-refractivity contribution in [3.05, 3.63) is 64.9 Å². The molecule has 0 saturated carbocycles. The average Bonchev–Trinajstić information content (AvgIpc) is 2.78. The molecule has 1 aromatic carbocycles. The van der Waals surface area contributed by atoms with Gasteiger partial charge in [-0.3, -0.25) is 9.54 Å². The Hall–Kier alpha value is -3.63. The first kappa shape index (κ1) is 20.6. The normalized spacial score (nSPS) is 13.3. The lowest BCUT2D eigenvalue weighted by Gasteiger charge is -2.09. The number of nitrogens with two attached hydrogens (primary N) is 1. The highest BCUT2D eigenvalue weighted by molar-refractivity contribution is 7.85. The van der Waals surface area contributed by atoms with Crippen LogP contribution in [-0.2, 0) is 16.7 Å². The number of fused-ring (bicyclic) bond motifs is 1. The second kappa shape index (κ2) is 8.62. The highest BCUT2D eigenvalue weighted by atomic mass is 32.2. The summed E-state index contributed by atoms with van der Waals surface area (Å²) in [7, 11) is -4.44. The van der Waals surface area contributed by atoms with Crippen LogP contribution >= 0.6 is 0 Å². The van der Waals surface area contributed by atoms with Crippen LogP contribution in [0.15, 0.2) is 64.0 Å². The Kier molecular flexibility index (Phi) is 5.74. The van der Waals surface area contributed by atoms with E-state index >= 15 is 0 Å². The van der Waals surface area contributed by atoms with E-state index in [0.717, 1.165) is 5.56 Å². The fourth-order valence-corrected chi connectivity index (χ4v) is 3.88. The van der Waals surface area contributed by atoms with Gasteiger partial charge in [0, 0.05) is 34.5 Å². The third kappa shape index (κ3) is 4.76. The molecular weight excluding hydrogens is 418 g/mol. The van der Waals surface area contributed by atoms with Crippen LogP contribution in [0.2, 0.25) is 0 Å². The Morgan fingerprint density at radius 3 is 2.58 bits per heavy atom. The summed E-state index contributed by atoms with van der Waals surface area (Å²) in [5.41, 5.74) is 7.96. The van der Waals surface area contributed by atoms with Crippen molar-refractivity contribution in [2.24, 2.45) is 10.2 Å². The minimum Gasteiger partial charge on any atom is -0.473 e. The van der Waals surface area contributed by atoms with Gasteiger partial charge >= 0.3 is 0 Å². The van der Waals surface area contributed by atoms with Crippen molar-refractivity contribution in [2.75, 3.05) is 5.73 Å². The van der Waals surface area contributed by atoms with Gasteiger partial charge in [-0.2, -0.15) is 8.42 Å². The highest BCUT2D eigenvalue weighted by Crippen LogP contribution is 2.24. The summed E-state index contributed by atoms with van der Waals surface area (Å²) in [6, 6.07) is 8.25. The molecule has 0 aliphatic heterocycles. The van der Waals surface area contributed by atoms with Crippen molar-refractivity contribution in [3.8, 4) is 5.88 Å². The topological polar surface area (TPSA) is 140 Å². The van der Waals surface area contributed by atoms with Gasteiger partial charge in [0.25, 0.3) is 10.1 Å². The number of benzene rings is 1. The van der Waals surface area contributed by atoms with Crippen molar-refractivity contribution in [1.82, 2.24) is 9.97 Å². The minimum atomic E-state index is -4.44. The number of pyridine rings is 2. The maximum absolute atomic E-state index is 11.8. The van der Waals surface area contributed by atoms with Crippen LogP contribution in [-0.4, -0.2) is 22.9 Å². The predicted molar refractivity (Wildman–Crippen MR) is 115 cm³/mol. The number of hydrogen-bond donors (Lipinski definition) is 2. The van der Waals surface area contributed by atoms with Crippen LogP contribution in [0.1, 0.15) is 18.4 Å². The molecule has 10 heteroatoms. The molecule has 4 rings (SSSR count). The van der Waals surface area contributed by atoms with Gasteiger partial charge in [-0.1, -0.05) is 18.2 Å². The molecule has 9 nitrogen and oxygen atoms in total. The van der Waals surface area contributed by atoms with Gasteiger partial charge in [0.15, 0.2) is 0 Å². The van der Waals surface area contributed by atoms with E-state index in [1.807, 2.05) is 18.2 Å². The lowest BCUT2D eigenvalue weighted by atomic mass is 10.1.